The highest BCUT2D eigenvalue weighted by atomic mass is 35.5. The number of benzene rings is 1. The lowest BCUT2D eigenvalue weighted by atomic mass is 9.96. The van der Waals surface area contributed by atoms with Gasteiger partial charge in [0.15, 0.2) is 4.80 Å². The number of ether oxygens (including phenoxy) is 1. The Kier molecular flexibility index (Phi) is 5.25. The van der Waals surface area contributed by atoms with E-state index >= 15 is 0 Å². The third-order valence-corrected chi connectivity index (χ3v) is 5.75. The maximum Gasteiger partial charge on any atom is 0.338 e. The zero-order valence-electron chi connectivity index (χ0n) is 15.7. The second-order valence-corrected chi connectivity index (χ2v) is 7.81. The summed E-state index contributed by atoms with van der Waals surface area (Å²) in [4.78, 5) is 31.0. The van der Waals surface area contributed by atoms with Crippen molar-refractivity contribution in [3.8, 4) is 0 Å². The van der Waals surface area contributed by atoms with Gasteiger partial charge >= 0.3 is 5.97 Å². The minimum Gasteiger partial charge on any atom is -0.465 e. The molecule has 0 bridgehead atoms. The quantitative estimate of drug-likeness (QED) is 0.599. The molecule has 1 aliphatic heterocycles. The average Bonchev–Trinajstić information content (AvgIpc) is 3.30. The van der Waals surface area contributed by atoms with Crippen molar-refractivity contribution in [2.45, 2.75) is 19.9 Å². The Morgan fingerprint density at radius 2 is 2.10 bits per heavy atom. The number of carbonyl (C=O) groups excluding carboxylic acids is 1. The minimum absolute atomic E-state index is 0.228. The number of nitrogens with zero attached hydrogens (tertiary/aromatic N) is 2. The molecule has 1 aromatic carbocycles. The van der Waals surface area contributed by atoms with Gasteiger partial charge in [-0.25, -0.2) is 9.79 Å². The Morgan fingerprint density at radius 3 is 2.76 bits per heavy atom. The van der Waals surface area contributed by atoms with Crippen molar-refractivity contribution in [1.82, 2.24) is 4.57 Å². The molecule has 0 saturated heterocycles. The number of thiazole rings is 1. The van der Waals surface area contributed by atoms with E-state index in [1.54, 1.807) is 62.6 Å². The van der Waals surface area contributed by atoms with Crippen LogP contribution in [-0.4, -0.2) is 17.1 Å². The number of allylic oxidation sites excluding steroid dienone is 1. The van der Waals surface area contributed by atoms with Crippen LogP contribution in [-0.2, 0) is 9.53 Å². The molecule has 8 heteroatoms. The van der Waals surface area contributed by atoms with Crippen LogP contribution in [0.25, 0.3) is 6.08 Å². The Hall–Kier alpha value is -2.90. The second kappa shape index (κ2) is 7.85. The number of esters is 1. The first-order valence-electron chi connectivity index (χ1n) is 8.98. The first kappa shape index (κ1) is 19.4. The van der Waals surface area contributed by atoms with Gasteiger partial charge in [0.25, 0.3) is 5.56 Å². The van der Waals surface area contributed by atoms with Crippen molar-refractivity contribution in [3.63, 3.8) is 0 Å². The molecule has 0 radical (unpaired) electrons. The Morgan fingerprint density at radius 1 is 1.34 bits per heavy atom. The van der Waals surface area contributed by atoms with Crippen LogP contribution in [0, 0.1) is 0 Å². The lowest BCUT2D eigenvalue weighted by molar-refractivity contribution is -0.139. The van der Waals surface area contributed by atoms with Crippen molar-refractivity contribution in [3.05, 3.63) is 90.0 Å². The maximum atomic E-state index is 13.3. The van der Waals surface area contributed by atoms with Gasteiger partial charge in [-0.15, -0.1) is 0 Å². The number of halogens is 1. The standard InChI is InChI=1S/C21H17ClN2O4S/c1-3-27-20(26)17-12(2)23-21-24(18(17)13-6-8-14(22)9-7-13)19(25)16(29-21)11-15-5-4-10-28-15/h4-11,18H,3H2,1-2H3/b16-11-/t18-/m0/s1. The molecule has 1 aliphatic rings. The predicted molar refractivity (Wildman–Crippen MR) is 111 cm³/mol. The van der Waals surface area contributed by atoms with E-state index in [4.69, 9.17) is 20.8 Å². The van der Waals surface area contributed by atoms with E-state index in [-0.39, 0.29) is 12.2 Å². The molecule has 0 fully saturated rings. The van der Waals surface area contributed by atoms with Gasteiger partial charge in [0.1, 0.15) is 5.76 Å². The summed E-state index contributed by atoms with van der Waals surface area (Å²) < 4.78 is 12.6. The van der Waals surface area contributed by atoms with Gasteiger partial charge in [0, 0.05) is 11.1 Å². The third kappa shape index (κ3) is 3.59. The van der Waals surface area contributed by atoms with E-state index in [1.807, 2.05) is 0 Å². The maximum absolute atomic E-state index is 13.3. The summed E-state index contributed by atoms with van der Waals surface area (Å²) in [5, 5.41) is 0.567. The van der Waals surface area contributed by atoms with Crippen molar-refractivity contribution in [2.24, 2.45) is 4.99 Å². The average molecular weight is 429 g/mol. The van der Waals surface area contributed by atoms with Crippen LogP contribution < -0.4 is 14.9 Å². The fourth-order valence-corrected chi connectivity index (χ4v) is 4.41. The van der Waals surface area contributed by atoms with E-state index in [2.05, 4.69) is 4.99 Å². The highest BCUT2D eigenvalue weighted by Crippen LogP contribution is 2.31. The van der Waals surface area contributed by atoms with Gasteiger partial charge in [-0.05, 0) is 43.7 Å². The summed E-state index contributed by atoms with van der Waals surface area (Å²) in [5.74, 6) is 0.0775. The SMILES string of the molecule is CCOC(=O)C1=C(C)N=c2s/c(=C\c3ccco3)c(=O)n2[C@H]1c1ccc(Cl)cc1. The first-order chi connectivity index (χ1) is 14.0. The molecule has 0 N–H and O–H groups in total. The van der Waals surface area contributed by atoms with E-state index < -0.39 is 12.0 Å². The fourth-order valence-electron chi connectivity index (χ4n) is 3.25. The minimum atomic E-state index is -0.652. The normalized spacial score (nSPS) is 16.5. The molecule has 0 saturated carbocycles. The lowest BCUT2D eigenvalue weighted by Gasteiger charge is -2.24. The molecular formula is C21H17ClN2O4S. The molecule has 0 spiro atoms. The zero-order valence-corrected chi connectivity index (χ0v) is 17.3. The molecule has 1 atom stereocenters. The highest BCUT2D eigenvalue weighted by molar-refractivity contribution is 7.07. The summed E-state index contributed by atoms with van der Waals surface area (Å²) in [5.41, 5.74) is 1.36. The molecule has 148 valence electrons. The molecule has 4 rings (SSSR count). The van der Waals surface area contributed by atoms with Crippen molar-refractivity contribution in [2.75, 3.05) is 6.61 Å². The molecule has 0 aliphatic carbocycles. The van der Waals surface area contributed by atoms with Gasteiger partial charge in [-0.2, -0.15) is 0 Å². The summed E-state index contributed by atoms with van der Waals surface area (Å²) >= 11 is 7.29. The number of carbonyl (C=O) groups is 1. The molecule has 3 heterocycles. The van der Waals surface area contributed by atoms with Crippen LogP contribution in [0.3, 0.4) is 0 Å². The van der Waals surface area contributed by atoms with Crippen LogP contribution in [0.15, 0.2) is 68.1 Å². The number of furan rings is 1. The monoisotopic (exact) mass is 428 g/mol. The Bertz CT molecular complexity index is 1270. The van der Waals surface area contributed by atoms with Gasteiger partial charge in [-0.3, -0.25) is 9.36 Å². The summed E-state index contributed by atoms with van der Waals surface area (Å²) in [6, 6.07) is 9.93. The van der Waals surface area contributed by atoms with Crippen LogP contribution >= 0.6 is 22.9 Å². The van der Waals surface area contributed by atoms with Gasteiger partial charge in [0.05, 0.1) is 34.7 Å². The number of aromatic nitrogens is 1. The molecule has 2 aromatic heterocycles. The van der Waals surface area contributed by atoms with Crippen LogP contribution in [0.1, 0.15) is 31.2 Å². The topological polar surface area (TPSA) is 73.8 Å². The number of hydrogen-bond acceptors (Lipinski definition) is 6. The van der Waals surface area contributed by atoms with Crippen LogP contribution in [0.4, 0.5) is 0 Å². The van der Waals surface area contributed by atoms with Crippen LogP contribution in [0.5, 0.6) is 0 Å². The molecule has 6 nitrogen and oxygen atoms in total. The van der Waals surface area contributed by atoms with Crippen molar-refractivity contribution >= 4 is 35.0 Å². The van der Waals surface area contributed by atoms with E-state index in [9.17, 15) is 9.59 Å². The molecule has 0 unspecified atom stereocenters. The summed E-state index contributed by atoms with van der Waals surface area (Å²) in [6.45, 7) is 3.72. The van der Waals surface area contributed by atoms with Gasteiger partial charge in [-0.1, -0.05) is 35.1 Å². The predicted octanol–water partition coefficient (Wildman–Crippen LogP) is 3.04. The second-order valence-electron chi connectivity index (χ2n) is 6.37. The number of fused-ring (bicyclic) bond motifs is 1. The third-order valence-electron chi connectivity index (χ3n) is 4.52. The van der Waals surface area contributed by atoms with Crippen molar-refractivity contribution < 1.29 is 13.9 Å². The Labute approximate surface area is 175 Å². The molecule has 0 amide bonds. The molecular weight excluding hydrogens is 412 g/mol. The fraction of sp³-hybridized carbons (Fsp3) is 0.190. The van der Waals surface area contributed by atoms with Crippen LogP contribution in [0.2, 0.25) is 5.02 Å². The Balaban J connectivity index is 1.97. The van der Waals surface area contributed by atoms with E-state index in [0.29, 0.717) is 31.4 Å². The number of hydrogen-bond donors (Lipinski definition) is 0. The molecule has 3 aromatic rings. The largest absolute Gasteiger partial charge is 0.465 e. The van der Waals surface area contributed by atoms with Gasteiger partial charge in [0.2, 0.25) is 0 Å². The summed E-state index contributed by atoms with van der Waals surface area (Å²) in [6.07, 6.45) is 3.22. The lowest BCUT2D eigenvalue weighted by Crippen LogP contribution is -2.39. The van der Waals surface area contributed by atoms with E-state index in [0.717, 1.165) is 5.56 Å². The number of rotatable bonds is 4. The smallest absolute Gasteiger partial charge is 0.338 e. The summed E-state index contributed by atoms with van der Waals surface area (Å²) in [7, 11) is 0. The highest BCUT2D eigenvalue weighted by Gasteiger charge is 2.33. The molecule has 29 heavy (non-hydrogen) atoms. The van der Waals surface area contributed by atoms with Crippen molar-refractivity contribution in [1.29, 1.82) is 0 Å². The van der Waals surface area contributed by atoms with Gasteiger partial charge < -0.3 is 9.15 Å². The zero-order chi connectivity index (χ0) is 20.5. The first-order valence-corrected chi connectivity index (χ1v) is 10.2. The van der Waals surface area contributed by atoms with E-state index in [1.165, 1.54) is 15.9 Å².